The average molecular weight is 203 g/mol. The van der Waals surface area contributed by atoms with Crippen molar-refractivity contribution in [2.45, 2.75) is 5.25 Å². The summed E-state index contributed by atoms with van der Waals surface area (Å²) in [5.41, 5.74) is 0.467. The molecule has 1 rings (SSSR count). The maximum absolute atomic E-state index is 11.0. The van der Waals surface area contributed by atoms with E-state index in [1.165, 1.54) is 18.9 Å². The molecule has 0 aromatic carbocycles. The second-order valence-electron chi connectivity index (χ2n) is 2.29. The minimum atomic E-state index is -0.362. The predicted molar refractivity (Wildman–Crippen MR) is 53.1 cm³/mol. The first kappa shape index (κ1) is 9.54. The molecule has 1 aliphatic rings. The Morgan fingerprint density at radius 3 is 3.00 bits per heavy atom. The topological polar surface area (TPSA) is 38.3 Å². The molecule has 0 radical (unpaired) electrons. The maximum atomic E-state index is 11.0. The summed E-state index contributed by atoms with van der Waals surface area (Å²) in [5.74, 6) is -0.362. The Hall–Kier alpha value is -0.550. The van der Waals surface area contributed by atoms with Gasteiger partial charge in [-0.05, 0) is 0 Å². The van der Waals surface area contributed by atoms with Crippen LogP contribution in [0.4, 0.5) is 0 Å². The van der Waals surface area contributed by atoms with Gasteiger partial charge in [-0.15, -0.1) is 0 Å². The number of carbonyl (C=O) groups excluding carboxylic acids is 1. The van der Waals surface area contributed by atoms with Gasteiger partial charge < -0.3 is 10.1 Å². The fraction of sp³-hybridized carbons (Fsp3) is 0.429. The molecule has 0 spiro atoms. The van der Waals surface area contributed by atoms with E-state index in [2.05, 4.69) is 16.6 Å². The van der Waals surface area contributed by atoms with Crippen LogP contribution in [0, 0.1) is 0 Å². The molecule has 1 fully saturated rings. The molecule has 1 heterocycles. The highest BCUT2D eigenvalue weighted by molar-refractivity contribution is 8.23. The van der Waals surface area contributed by atoms with Gasteiger partial charge in [0.05, 0.1) is 12.4 Å². The largest absolute Gasteiger partial charge is 0.466 e. The van der Waals surface area contributed by atoms with Gasteiger partial charge in [-0.3, -0.25) is 0 Å². The van der Waals surface area contributed by atoms with Crippen LogP contribution in [0.25, 0.3) is 0 Å². The number of thioether (sulfide) groups is 1. The summed E-state index contributed by atoms with van der Waals surface area (Å²) in [6, 6.07) is 0. The van der Waals surface area contributed by atoms with Crippen LogP contribution in [-0.4, -0.2) is 29.2 Å². The summed E-state index contributed by atoms with van der Waals surface area (Å²) < 4.78 is 5.25. The standard InChI is InChI=1S/C7H9NO2S2/c1-4(6(9)10-2)5-3-8-7(11)12-5/h5H,1,3H2,2H3,(H,8,11). The number of esters is 1. The molecule has 3 nitrogen and oxygen atoms in total. The lowest BCUT2D eigenvalue weighted by molar-refractivity contribution is -0.136. The molecular formula is C7H9NO2S2. The predicted octanol–water partition coefficient (Wildman–Crippen LogP) is 0.705. The minimum Gasteiger partial charge on any atom is -0.466 e. The van der Waals surface area contributed by atoms with E-state index in [-0.39, 0.29) is 11.2 Å². The van der Waals surface area contributed by atoms with Gasteiger partial charge in [-0.2, -0.15) is 0 Å². The number of hydrogen-bond acceptors (Lipinski definition) is 4. The first-order valence-corrected chi connectivity index (χ1v) is 4.65. The van der Waals surface area contributed by atoms with Crippen molar-refractivity contribution in [1.82, 2.24) is 5.32 Å². The van der Waals surface area contributed by atoms with Crippen LogP contribution in [-0.2, 0) is 9.53 Å². The summed E-state index contributed by atoms with van der Waals surface area (Å²) in [6.07, 6.45) is 0. The molecule has 5 heteroatoms. The number of ether oxygens (including phenoxy) is 1. The minimum absolute atomic E-state index is 0.0324. The van der Waals surface area contributed by atoms with Gasteiger partial charge in [0.25, 0.3) is 0 Å². The summed E-state index contributed by atoms with van der Waals surface area (Å²) >= 11 is 6.33. The molecule has 0 bridgehead atoms. The van der Waals surface area contributed by atoms with Crippen molar-refractivity contribution >= 4 is 34.3 Å². The Morgan fingerprint density at radius 1 is 1.92 bits per heavy atom. The molecule has 1 N–H and O–H groups in total. The van der Waals surface area contributed by atoms with Crippen molar-refractivity contribution in [3.05, 3.63) is 12.2 Å². The van der Waals surface area contributed by atoms with Gasteiger partial charge >= 0.3 is 5.97 Å². The monoisotopic (exact) mass is 203 g/mol. The molecule has 0 aliphatic carbocycles. The number of thiocarbonyl (C=S) groups is 1. The normalized spacial score (nSPS) is 21.8. The second-order valence-corrected chi connectivity index (χ2v) is 4.17. The Kier molecular flexibility index (Phi) is 3.11. The van der Waals surface area contributed by atoms with Crippen molar-refractivity contribution in [3.63, 3.8) is 0 Å². The van der Waals surface area contributed by atoms with Crippen LogP contribution >= 0.6 is 24.0 Å². The molecule has 1 unspecified atom stereocenters. The molecule has 0 aromatic rings. The Balaban J connectivity index is 2.54. The fourth-order valence-corrected chi connectivity index (χ4v) is 2.11. The molecule has 12 heavy (non-hydrogen) atoms. The fourth-order valence-electron chi connectivity index (χ4n) is 0.845. The number of nitrogens with one attached hydrogen (secondary N) is 1. The molecule has 1 aliphatic heterocycles. The maximum Gasteiger partial charge on any atom is 0.334 e. The number of rotatable bonds is 2. The van der Waals surface area contributed by atoms with E-state index in [0.29, 0.717) is 16.4 Å². The van der Waals surface area contributed by atoms with Gasteiger partial charge in [0, 0.05) is 12.1 Å². The molecule has 1 atom stereocenters. The van der Waals surface area contributed by atoms with Gasteiger partial charge in [0.2, 0.25) is 0 Å². The lowest BCUT2D eigenvalue weighted by Crippen LogP contribution is -2.20. The molecular weight excluding hydrogens is 194 g/mol. The van der Waals surface area contributed by atoms with Crippen molar-refractivity contribution in [2.75, 3.05) is 13.7 Å². The van der Waals surface area contributed by atoms with E-state index in [1.807, 2.05) is 0 Å². The van der Waals surface area contributed by atoms with Gasteiger partial charge in [-0.1, -0.05) is 30.6 Å². The Labute approximate surface area is 80.5 Å². The van der Waals surface area contributed by atoms with Gasteiger partial charge in [0.15, 0.2) is 0 Å². The first-order valence-electron chi connectivity index (χ1n) is 3.36. The van der Waals surface area contributed by atoms with E-state index in [4.69, 9.17) is 12.2 Å². The molecule has 66 valence electrons. The number of methoxy groups -OCH3 is 1. The van der Waals surface area contributed by atoms with Crippen molar-refractivity contribution in [3.8, 4) is 0 Å². The van der Waals surface area contributed by atoms with Crippen LogP contribution in [0.1, 0.15) is 0 Å². The molecule has 1 saturated heterocycles. The van der Waals surface area contributed by atoms with Crippen LogP contribution in [0.5, 0.6) is 0 Å². The highest BCUT2D eigenvalue weighted by atomic mass is 32.2. The Bertz CT molecular complexity index is 240. The second kappa shape index (κ2) is 3.91. The van der Waals surface area contributed by atoms with Crippen molar-refractivity contribution in [2.24, 2.45) is 0 Å². The summed E-state index contributed by atoms with van der Waals surface area (Å²) in [5, 5.41) is 2.99. The Morgan fingerprint density at radius 2 is 2.58 bits per heavy atom. The van der Waals surface area contributed by atoms with E-state index >= 15 is 0 Å². The third-order valence-electron chi connectivity index (χ3n) is 1.52. The first-order chi connectivity index (χ1) is 5.65. The highest BCUT2D eigenvalue weighted by Crippen LogP contribution is 2.24. The summed E-state index contributed by atoms with van der Waals surface area (Å²) in [7, 11) is 1.35. The summed E-state index contributed by atoms with van der Waals surface area (Å²) in [6.45, 7) is 4.31. The third-order valence-corrected chi connectivity index (χ3v) is 3.04. The van der Waals surface area contributed by atoms with E-state index in [9.17, 15) is 4.79 Å². The zero-order valence-corrected chi connectivity index (χ0v) is 8.26. The van der Waals surface area contributed by atoms with Crippen LogP contribution in [0.3, 0.4) is 0 Å². The van der Waals surface area contributed by atoms with Crippen LogP contribution in [0.2, 0.25) is 0 Å². The van der Waals surface area contributed by atoms with Crippen LogP contribution in [0.15, 0.2) is 12.2 Å². The van der Waals surface area contributed by atoms with Crippen LogP contribution < -0.4 is 5.32 Å². The van der Waals surface area contributed by atoms with Crippen molar-refractivity contribution in [1.29, 1.82) is 0 Å². The zero-order chi connectivity index (χ0) is 9.14. The third kappa shape index (κ3) is 1.98. The lowest BCUT2D eigenvalue weighted by atomic mass is 10.2. The number of hydrogen-bond donors (Lipinski definition) is 1. The SMILES string of the molecule is C=C(C(=O)OC)C1CNC(=S)S1. The zero-order valence-electron chi connectivity index (χ0n) is 6.62. The van der Waals surface area contributed by atoms with E-state index in [0.717, 1.165) is 0 Å². The lowest BCUT2D eigenvalue weighted by Gasteiger charge is -2.07. The average Bonchev–Trinajstić information content (AvgIpc) is 2.49. The smallest absolute Gasteiger partial charge is 0.334 e. The molecule has 0 aromatic heterocycles. The molecule has 0 amide bonds. The number of carbonyl (C=O) groups is 1. The van der Waals surface area contributed by atoms with E-state index in [1.54, 1.807) is 0 Å². The van der Waals surface area contributed by atoms with Gasteiger partial charge in [-0.25, -0.2) is 4.79 Å². The quantitative estimate of drug-likeness (QED) is 0.406. The molecule has 0 saturated carbocycles. The van der Waals surface area contributed by atoms with Crippen molar-refractivity contribution < 1.29 is 9.53 Å². The summed E-state index contributed by atoms with van der Waals surface area (Å²) in [4.78, 5) is 11.0. The van der Waals surface area contributed by atoms with E-state index < -0.39 is 0 Å². The highest BCUT2D eigenvalue weighted by Gasteiger charge is 2.26. The van der Waals surface area contributed by atoms with Gasteiger partial charge in [0.1, 0.15) is 4.32 Å².